The molecular formula is C32H56N2O7. The lowest BCUT2D eigenvalue weighted by Gasteiger charge is -2.31. The zero-order valence-corrected chi connectivity index (χ0v) is 26.4. The van der Waals surface area contributed by atoms with E-state index in [9.17, 15) is 9.90 Å². The second-order valence-electron chi connectivity index (χ2n) is 12.2. The summed E-state index contributed by atoms with van der Waals surface area (Å²) in [5.41, 5.74) is 7.71. The van der Waals surface area contributed by atoms with E-state index in [0.29, 0.717) is 57.5 Å². The van der Waals surface area contributed by atoms with Gasteiger partial charge in [0.25, 0.3) is 0 Å². The van der Waals surface area contributed by atoms with Crippen molar-refractivity contribution < 1.29 is 33.6 Å². The Hall–Kier alpha value is -1.91. The Morgan fingerprint density at radius 2 is 1.83 bits per heavy atom. The van der Waals surface area contributed by atoms with E-state index in [0.717, 1.165) is 30.6 Å². The van der Waals surface area contributed by atoms with Crippen LogP contribution in [0.3, 0.4) is 0 Å². The molecule has 0 aliphatic carbocycles. The van der Waals surface area contributed by atoms with Crippen LogP contribution in [0.4, 0.5) is 0 Å². The Balaban J connectivity index is 1.97. The van der Waals surface area contributed by atoms with Crippen LogP contribution in [0.25, 0.3) is 0 Å². The van der Waals surface area contributed by atoms with E-state index in [-0.39, 0.29) is 35.7 Å². The summed E-state index contributed by atoms with van der Waals surface area (Å²) in [6.45, 7) is 11.3. The fourth-order valence-electron chi connectivity index (χ4n) is 5.42. The maximum Gasteiger partial charge on any atom is 0.223 e. The quantitative estimate of drug-likeness (QED) is 0.211. The monoisotopic (exact) mass is 580 g/mol. The van der Waals surface area contributed by atoms with Gasteiger partial charge in [0.05, 0.1) is 39.1 Å². The molecule has 1 heterocycles. The first-order valence-corrected chi connectivity index (χ1v) is 15.2. The SMILES string of the molecule is COCCCOc1cc(CC(CC(N)C(O)CC(C(=O)NC[C@@H]2COC[C@H](OC)C2)C(C)C)C(C)C)ccc1OC. The maximum absolute atomic E-state index is 13.1. The smallest absolute Gasteiger partial charge is 0.223 e. The van der Waals surface area contributed by atoms with Crippen molar-refractivity contribution in [1.29, 1.82) is 0 Å². The van der Waals surface area contributed by atoms with Crippen LogP contribution in [0.2, 0.25) is 0 Å². The average molecular weight is 581 g/mol. The standard InChI is InChI=1S/C32H56N2O7/c1-21(2)25(13-23-9-10-30(39-7)31(15-23)41-12-8-11-37-5)16-28(33)29(35)17-27(22(3)4)32(36)34-18-24-14-26(38-6)20-40-19-24/h9-10,15,21-22,24-29,35H,8,11-14,16-20,33H2,1-7H3,(H,34,36)/t24-,25?,26-,27?,28?,29?/m1/s1. The first-order valence-electron chi connectivity index (χ1n) is 15.2. The van der Waals surface area contributed by atoms with Gasteiger partial charge < -0.3 is 39.8 Å². The van der Waals surface area contributed by atoms with Crippen molar-refractivity contribution in [3.63, 3.8) is 0 Å². The van der Waals surface area contributed by atoms with Crippen molar-refractivity contribution in [2.24, 2.45) is 35.3 Å². The molecular weight excluding hydrogens is 524 g/mol. The Morgan fingerprint density at radius 3 is 2.46 bits per heavy atom. The molecule has 236 valence electrons. The van der Waals surface area contributed by atoms with Gasteiger partial charge in [-0.15, -0.1) is 0 Å². The van der Waals surface area contributed by atoms with Gasteiger partial charge in [-0.05, 0) is 61.1 Å². The summed E-state index contributed by atoms with van der Waals surface area (Å²) in [5.74, 6) is 1.97. The average Bonchev–Trinajstić information content (AvgIpc) is 2.96. The molecule has 0 spiro atoms. The van der Waals surface area contributed by atoms with Crippen LogP contribution in [0, 0.1) is 29.6 Å². The molecule has 1 fully saturated rings. The number of hydrogen-bond acceptors (Lipinski definition) is 8. The van der Waals surface area contributed by atoms with Crippen LogP contribution in [-0.4, -0.2) is 83.6 Å². The first kappa shape index (κ1) is 35.3. The molecule has 1 aromatic carbocycles. The molecule has 1 amide bonds. The van der Waals surface area contributed by atoms with Gasteiger partial charge in [0.15, 0.2) is 11.5 Å². The highest BCUT2D eigenvalue weighted by molar-refractivity contribution is 5.78. The van der Waals surface area contributed by atoms with Gasteiger partial charge >= 0.3 is 0 Å². The highest BCUT2D eigenvalue weighted by Crippen LogP contribution is 2.32. The van der Waals surface area contributed by atoms with Crippen LogP contribution in [0.15, 0.2) is 18.2 Å². The number of hydrogen-bond donors (Lipinski definition) is 3. The largest absolute Gasteiger partial charge is 0.493 e. The number of amides is 1. The highest BCUT2D eigenvalue weighted by atomic mass is 16.5. The molecule has 1 aromatic rings. The summed E-state index contributed by atoms with van der Waals surface area (Å²) in [4.78, 5) is 13.1. The zero-order chi connectivity index (χ0) is 30.4. The van der Waals surface area contributed by atoms with Crippen LogP contribution in [-0.2, 0) is 25.4 Å². The number of nitrogens with two attached hydrogens (primary N) is 1. The zero-order valence-electron chi connectivity index (χ0n) is 26.4. The summed E-state index contributed by atoms with van der Waals surface area (Å²) in [7, 11) is 5.00. The third-order valence-corrected chi connectivity index (χ3v) is 8.28. The van der Waals surface area contributed by atoms with Crippen LogP contribution >= 0.6 is 0 Å². The topological polar surface area (TPSA) is 122 Å². The number of methoxy groups -OCH3 is 3. The number of rotatable bonds is 19. The molecule has 9 nitrogen and oxygen atoms in total. The van der Waals surface area contributed by atoms with Crippen molar-refractivity contribution in [2.45, 2.75) is 78.0 Å². The van der Waals surface area contributed by atoms with Gasteiger partial charge in [-0.25, -0.2) is 0 Å². The summed E-state index contributed by atoms with van der Waals surface area (Å²) in [5, 5.41) is 14.2. The summed E-state index contributed by atoms with van der Waals surface area (Å²) >= 11 is 0. The summed E-state index contributed by atoms with van der Waals surface area (Å²) in [6, 6.07) is 5.60. The van der Waals surface area contributed by atoms with Crippen molar-refractivity contribution >= 4 is 5.91 Å². The van der Waals surface area contributed by atoms with Gasteiger partial charge in [-0.2, -0.15) is 0 Å². The molecule has 9 heteroatoms. The molecule has 4 unspecified atom stereocenters. The maximum atomic E-state index is 13.1. The van der Waals surface area contributed by atoms with E-state index in [4.69, 9.17) is 29.4 Å². The summed E-state index contributed by atoms with van der Waals surface area (Å²) < 4.78 is 27.6. The second-order valence-corrected chi connectivity index (χ2v) is 12.2. The number of aliphatic hydroxyl groups is 1. The molecule has 1 aliphatic rings. The van der Waals surface area contributed by atoms with Crippen LogP contribution in [0.5, 0.6) is 11.5 Å². The molecule has 0 saturated carbocycles. The Bertz CT molecular complexity index is 882. The highest BCUT2D eigenvalue weighted by Gasteiger charge is 2.31. The van der Waals surface area contributed by atoms with E-state index in [1.165, 1.54) is 0 Å². The molecule has 1 saturated heterocycles. The fraction of sp³-hybridized carbons (Fsp3) is 0.781. The molecule has 41 heavy (non-hydrogen) atoms. The normalized spacial score (nSPS) is 20.5. The Kier molecular flexibility index (Phi) is 16.0. The number of nitrogens with one attached hydrogen (secondary N) is 1. The number of aliphatic hydroxyl groups excluding tert-OH is 1. The van der Waals surface area contributed by atoms with E-state index in [1.807, 2.05) is 26.0 Å². The summed E-state index contributed by atoms with van der Waals surface area (Å²) in [6.07, 6.45) is 2.74. The number of benzene rings is 1. The third-order valence-electron chi connectivity index (χ3n) is 8.28. The predicted octanol–water partition coefficient (Wildman–Crippen LogP) is 3.83. The molecule has 0 radical (unpaired) electrons. The van der Waals surface area contributed by atoms with Crippen molar-refractivity contribution in [1.82, 2.24) is 5.32 Å². The van der Waals surface area contributed by atoms with Crippen molar-refractivity contribution in [3.8, 4) is 11.5 Å². The fourth-order valence-corrected chi connectivity index (χ4v) is 5.42. The van der Waals surface area contributed by atoms with Crippen LogP contribution in [0.1, 0.15) is 58.9 Å². The van der Waals surface area contributed by atoms with E-state index >= 15 is 0 Å². The van der Waals surface area contributed by atoms with E-state index in [2.05, 4.69) is 25.2 Å². The van der Waals surface area contributed by atoms with E-state index < -0.39 is 12.1 Å². The molecule has 0 bridgehead atoms. The number of ether oxygens (including phenoxy) is 5. The van der Waals surface area contributed by atoms with Gasteiger partial charge in [0.1, 0.15) is 0 Å². The Labute approximate surface area is 247 Å². The van der Waals surface area contributed by atoms with E-state index in [1.54, 1.807) is 21.3 Å². The molecule has 1 aliphatic heterocycles. The lowest BCUT2D eigenvalue weighted by molar-refractivity contribution is -0.128. The Morgan fingerprint density at radius 1 is 1.07 bits per heavy atom. The van der Waals surface area contributed by atoms with Crippen molar-refractivity contribution in [3.05, 3.63) is 23.8 Å². The minimum atomic E-state index is -0.777. The molecule has 6 atom stereocenters. The van der Waals surface area contributed by atoms with Gasteiger partial charge in [-0.3, -0.25) is 4.79 Å². The van der Waals surface area contributed by atoms with Crippen LogP contribution < -0.4 is 20.5 Å². The molecule has 0 aromatic heterocycles. The van der Waals surface area contributed by atoms with Gasteiger partial charge in [0, 0.05) is 51.7 Å². The number of carbonyl (C=O) groups excluding carboxylic acids is 1. The second kappa shape index (κ2) is 18.6. The van der Waals surface area contributed by atoms with Crippen molar-refractivity contribution in [2.75, 3.05) is 54.3 Å². The predicted molar refractivity (Wildman–Crippen MR) is 161 cm³/mol. The van der Waals surface area contributed by atoms with Gasteiger partial charge in [-0.1, -0.05) is 33.8 Å². The minimum Gasteiger partial charge on any atom is -0.493 e. The lowest BCUT2D eigenvalue weighted by atomic mass is 9.80. The molecule has 4 N–H and O–H groups in total. The lowest BCUT2D eigenvalue weighted by Crippen LogP contribution is -2.44. The number of carbonyl (C=O) groups is 1. The third kappa shape index (κ3) is 12.1. The molecule has 2 rings (SSSR count). The minimum absolute atomic E-state index is 0.0394. The van der Waals surface area contributed by atoms with Gasteiger partial charge in [0.2, 0.25) is 5.91 Å². The first-order chi connectivity index (χ1) is 19.6.